The smallest absolute Gasteiger partial charge is 0.137 e. The number of hydrogen-bond donors (Lipinski definition) is 1. The molecule has 0 fully saturated rings. The van der Waals surface area contributed by atoms with Crippen LogP contribution in [0.4, 0.5) is 0 Å². The highest BCUT2D eigenvalue weighted by Crippen LogP contribution is 2.15. The van der Waals surface area contributed by atoms with Gasteiger partial charge in [0.2, 0.25) is 0 Å². The summed E-state index contributed by atoms with van der Waals surface area (Å²) in [4.78, 5) is 7.43. The lowest BCUT2D eigenvalue weighted by Gasteiger charge is -1.96. The van der Waals surface area contributed by atoms with Crippen LogP contribution in [0.25, 0.3) is 11.0 Å². The van der Waals surface area contributed by atoms with Crippen LogP contribution in [0, 0.1) is 13.8 Å². The van der Waals surface area contributed by atoms with Gasteiger partial charge in [-0.15, -0.1) is 0 Å². The third kappa shape index (κ3) is 3.39. The first-order valence-electron chi connectivity index (χ1n) is 5.69. The van der Waals surface area contributed by atoms with E-state index in [1.165, 1.54) is 10.9 Å². The van der Waals surface area contributed by atoms with Gasteiger partial charge in [-0.2, -0.15) is 0 Å². The van der Waals surface area contributed by atoms with E-state index in [-0.39, 0.29) is 0 Å². The van der Waals surface area contributed by atoms with E-state index in [1.54, 1.807) is 0 Å². The fourth-order valence-corrected chi connectivity index (χ4v) is 1.37. The van der Waals surface area contributed by atoms with E-state index in [9.17, 15) is 0 Å². The molecule has 0 spiro atoms. The fourth-order valence-electron chi connectivity index (χ4n) is 1.37. The summed E-state index contributed by atoms with van der Waals surface area (Å²) in [6.45, 7) is 12.1. The molecule has 2 aromatic heterocycles. The van der Waals surface area contributed by atoms with Crippen molar-refractivity contribution in [2.45, 2.75) is 41.5 Å². The summed E-state index contributed by atoms with van der Waals surface area (Å²) in [5.74, 6) is 0. The lowest BCUT2D eigenvalue weighted by Crippen LogP contribution is -1.84. The van der Waals surface area contributed by atoms with Crippen LogP contribution < -0.4 is 0 Å². The van der Waals surface area contributed by atoms with Crippen molar-refractivity contribution in [1.29, 1.82) is 0 Å². The van der Waals surface area contributed by atoms with Crippen molar-refractivity contribution in [1.82, 2.24) is 9.97 Å². The number of pyridine rings is 1. The highest BCUT2D eigenvalue weighted by molar-refractivity contribution is 5.79. The molecule has 0 aliphatic rings. The predicted molar refractivity (Wildman–Crippen MR) is 68.3 cm³/mol. The monoisotopic (exact) mass is 206 g/mol. The first-order valence-corrected chi connectivity index (χ1v) is 5.69. The number of rotatable bonds is 0. The van der Waals surface area contributed by atoms with Crippen molar-refractivity contribution in [3.63, 3.8) is 0 Å². The molecule has 0 bridgehead atoms. The zero-order valence-electron chi connectivity index (χ0n) is 10.7. The molecule has 2 heteroatoms. The first kappa shape index (κ1) is 13.7. The molecular formula is C13H22N2. The Kier molecular flexibility index (Phi) is 6.43. The van der Waals surface area contributed by atoms with Gasteiger partial charge in [0.25, 0.3) is 0 Å². The maximum absolute atomic E-state index is 4.34. The van der Waals surface area contributed by atoms with Crippen LogP contribution in [0.5, 0.6) is 0 Å². The third-order valence-corrected chi connectivity index (χ3v) is 1.86. The Morgan fingerprint density at radius 1 is 1.07 bits per heavy atom. The lowest BCUT2D eigenvalue weighted by molar-refractivity contribution is 1.21. The summed E-state index contributed by atoms with van der Waals surface area (Å²) in [5, 5.41) is 1.22. The van der Waals surface area contributed by atoms with E-state index < -0.39 is 0 Å². The number of nitrogens with zero attached hydrogens (tertiary/aromatic N) is 1. The number of aromatic amines is 1. The maximum Gasteiger partial charge on any atom is 0.137 e. The summed E-state index contributed by atoms with van der Waals surface area (Å²) in [6.07, 6.45) is 1.92. The molecular weight excluding hydrogens is 184 g/mol. The number of aromatic nitrogens is 2. The van der Waals surface area contributed by atoms with Crippen LogP contribution in [0.15, 0.2) is 18.3 Å². The van der Waals surface area contributed by atoms with Gasteiger partial charge >= 0.3 is 0 Å². The Labute approximate surface area is 92.7 Å². The first-order chi connectivity index (χ1) is 7.27. The minimum absolute atomic E-state index is 0.988. The molecule has 1 N–H and O–H groups in total. The maximum atomic E-state index is 4.34. The van der Waals surface area contributed by atoms with Crippen molar-refractivity contribution in [2.75, 3.05) is 0 Å². The molecule has 0 saturated carbocycles. The molecule has 0 aromatic carbocycles. The van der Waals surface area contributed by atoms with Crippen LogP contribution in [0.2, 0.25) is 0 Å². The lowest BCUT2D eigenvalue weighted by atomic mass is 10.2. The summed E-state index contributed by atoms with van der Waals surface area (Å²) < 4.78 is 0. The average molecular weight is 206 g/mol. The van der Waals surface area contributed by atoms with E-state index in [4.69, 9.17) is 0 Å². The normalized spacial score (nSPS) is 8.67. The minimum Gasteiger partial charge on any atom is -0.346 e. The molecule has 0 unspecified atom stereocenters. The van der Waals surface area contributed by atoms with Gasteiger partial charge in [0.05, 0.1) is 0 Å². The second-order valence-electron chi connectivity index (χ2n) is 2.82. The molecule has 2 rings (SSSR count). The van der Waals surface area contributed by atoms with Gasteiger partial charge in [-0.1, -0.05) is 27.7 Å². The standard InChI is InChI=1S/C9H10N2.2C2H6/c1-6-5-7(2)11-9-8(6)3-4-10-9;2*1-2/h3-5H,1-2H3,(H,10,11);2*1-2H3. The Hall–Kier alpha value is -1.31. The summed E-state index contributed by atoms with van der Waals surface area (Å²) in [7, 11) is 0. The number of fused-ring (bicyclic) bond motifs is 1. The largest absolute Gasteiger partial charge is 0.346 e. The summed E-state index contributed by atoms with van der Waals surface area (Å²) >= 11 is 0. The van der Waals surface area contributed by atoms with Crippen LogP contribution in [0.3, 0.4) is 0 Å². The van der Waals surface area contributed by atoms with Gasteiger partial charge in [-0.05, 0) is 31.5 Å². The van der Waals surface area contributed by atoms with Crippen molar-refractivity contribution in [2.24, 2.45) is 0 Å². The van der Waals surface area contributed by atoms with Crippen molar-refractivity contribution < 1.29 is 0 Å². The van der Waals surface area contributed by atoms with E-state index >= 15 is 0 Å². The Morgan fingerprint density at radius 3 is 2.27 bits per heavy atom. The molecule has 2 aromatic rings. The van der Waals surface area contributed by atoms with E-state index in [1.807, 2.05) is 40.8 Å². The van der Waals surface area contributed by atoms with E-state index in [0.29, 0.717) is 0 Å². The second-order valence-corrected chi connectivity index (χ2v) is 2.82. The van der Waals surface area contributed by atoms with E-state index in [2.05, 4.69) is 29.0 Å². The van der Waals surface area contributed by atoms with Crippen LogP contribution in [-0.4, -0.2) is 9.97 Å². The molecule has 0 aliphatic carbocycles. The van der Waals surface area contributed by atoms with Crippen LogP contribution in [0.1, 0.15) is 39.0 Å². The molecule has 0 aliphatic heterocycles. The van der Waals surface area contributed by atoms with Crippen molar-refractivity contribution in [3.8, 4) is 0 Å². The van der Waals surface area contributed by atoms with Gasteiger partial charge < -0.3 is 4.98 Å². The quantitative estimate of drug-likeness (QED) is 0.686. The number of aryl methyl sites for hydroxylation is 2. The summed E-state index contributed by atoms with van der Waals surface area (Å²) in [5.41, 5.74) is 3.34. The minimum atomic E-state index is 0.988. The molecule has 0 atom stereocenters. The highest BCUT2D eigenvalue weighted by atomic mass is 14.8. The van der Waals surface area contributed by atoms with Crippen molar-refractivity contribution >= 4 is 11.0 Å². The van der Waals surface area contributed by atoms with Gasteiger partial charge in [-0.25, -0.2) is 4.98 Å². The fraction of sp³-hybridized carbons (Fsp3) is 0.462. The van der Waals surface area contributed by atoms with Crippen molar-refractivity contribution in [3.05, 3.63) is 29.6 Å². The zero-order chi connectivity index (χ0) is 11.8. The van der Waals surface area contributed by atoms with Gasteiger partial charge in [0.15, 0.2) is 0 Å². The topological polar surface area (TPSA) is 28.7 Å². The zero-order valence-corrected chi connectivity index (χ0v) is 10.7. The Balaban J connectivity index is 0.000000442. The highest BCUT2D eigenvalue weighted by Gasteiger charge is 1.98. The molecule has 0 saturated heterocycles. The average Bonchev–Trinajstić information content (AvgIpc) is 2.72. The third-order valence-electron chi connectivity index (χ3n) is 1.86. The summed E-state index contributed by atoms with van der Waals surface area (Å²) in [6, 6.07) is 4.15. The second kappa shape index (κ2) is 7.04. The molecule has 2 nitrogen and oxygen atoms in total. The van der Waals surface area contributed by atoms with Gasteiger partial charge in [0.1, 0.15) is 5.65 Å². The Bertz CT molecular complexity index is 388. The SMILES string of the molecule is CC.CC.Cc1cc(C)c2cc[nH]c2n1. The van der Waals surface area contributed by atoms with Gasteiger partial charge in [0, 0.05) is 17.3 Å². The number of nitrogens with one attached hydrogen (secondary N) is 1. The van der Waals surface area contributed by atoms with Crippen LogP contribution >= 0.6 is 0 Å². The van der Waals surface area contributed by atoms with Gasteiger partial charge in [-0.3, -0.25) is 0 Å². The number of H-pyrrole nitrogens is 1. The molecule has 84 valence electrons. The Morgan fingerprint density at radius 2 is 1.67 bits per heavy atom. The number of hydrogen-bond acceptors (Lipinski definition) is 1. The molecule has 0 radical (unpaired) electrons. The molecule has 2 heterocycles. The van der Waals surface area contributed by atoms with E-state index in [0.717, 1.165) is 11.3 Å². The predicted octanol–water partition coefficient (Wildman–Crippen LogP) is 4.23. The van der Waals surface area contributed by atoms with Crippen LogP contribution in [-0.2, 0) is 0 Å². The molecule has 15 heavy (non-hydrogen) atoms. The molecule has 0 amide bonds.